The second-order valence-electron chi connectivity index (χ2n) is 5.35. The Labute approximate surface area is 115 Å². The summed E-state index contributed by atoms with van der Waals surface area (Å²) in [6.07, 6.45) is 1.79. The Bertz CT molecular complexity index is 645. The SMILES string of the molecule is [2H]C([2H])([2H])c1cccc(-c2cc[c]([Ge]([CH3])([CH3])[CH3])cn2)c1F. The van der Waals surface area contributed by atoms with Crippen LogP contribution in [0.2, 0.25) is 17.3 Å². The third-order valence-electron chi connectivity index (χ3n) is 2.90. The van der Waals surface area contributed by atoms with Crippen LogP contribution in [0, 0.1) is 12.7 Å². The van der Waals surface area contributed by atoms with Gasteiger partial charge in [-0.05, 0) is 0 Å². The summed E-state index contributed by atoms with van der Waals surface area (Å²) in [5, 5.41) is 0. The van der Waals surface area contributed by atoms with Gasteiger partial charge in [-0.2, -0.15) is 0 Å². The monoisotopic (exact) mass is 308 g/mol. The summed E-state index contributed by atoms with van der Waals surface area (Å²) >= 11 is -1.96. The molecule has 0 bridgehead atoms. The molecule has 1 nitrogen and oxygen atoms in total. The van der Waals surface area contributed by atoms with E-state index in [9.17, 15) is 4.39 Å². The first kappa shape index (κ1) is 9.73. The maximum absolute atomic E-state index is 14.4. The molecular formula is C15H18FGeN. The second kappa shape index (κ2) is 4.84. The van der Waals surface area contributed by atoms with Gasteiger partial charge >= 0.3 is 114 Å². The Balaban J connectivity index is 2.48. The van der Waals surface area contributed by atoms with Crippen molar-refractivity contribution in [1.29, 1.82) is 0 Å². The first-order valence-electron chi connectivity index (χ1n) is 7.36. The molecule has 2 rings (SSSR count). The van der Waals surface area contributed by atoms with Gasteiger partial charge in [-0.15, -0.1) is 0 Å². The Kier molecular flexibility index (Phi) is 2.62. The first-order chi connectivity index (χ1) is 9.60. The molecule has 0 fully saturated rings. The summed E-state index contributed by atoms with van der Waals surface area (Å²) in [4.78, 5) is 4.32. The topological polar surface area (TPSA) is 12.9 Å². The zero-order valence-electron chi connectivity index (χ0n) is 13.8. The van der Waals surface area contributed by atoms with Crippen molar-refractivity contribution in [2.45, 2.75) is 24.1 Å². The summed E-state index contributed by atoms with van der Waals surface area (Å²) in [6, 6.07) is 8.16. The van der Waals surface area contributed by atoms with Crippen molar-refractivity contribution in [3.8, 4) is 11.3 Å². The predicted octanol–water partition coefficient (Wildman–Crippen LogP) is 3.74. The van der Waals surface area contributed by atoms with Crippen LogP contribution in [0.4, 0.5) is 4.39 Å². The van der Waals surface area contributed by atoms with E-state index in [-0.39, 0.29) is 11.1 Å². The Hall–Kier alpha value is -1.16. The molecule has 1 aromatic carbocycles. The number of benzene rings is 1. The zero-order valence-corrected chi connectivity index (χ0v) is 12.9. The van der Waals surface area contributed by atoms with Crippen LogP contribution < -0.4 is 4.40 Å². The van der Waals surface area contributed by atoms with Crippen molar-refractivity contribution in [2.75, 3.05) is 0 Å². The normalized spacial score (nSPS) is 14.8. The van der Waals surface area contributed by atoms with Crippen molar-refractivity contribution >= 4 is 17.7 Å². The fourth-order valence-corrected chi connectivity index (χ4v) is 3.90. The number of aromatic nitrogens is 1. The van der Waals surface area contributed by atoms with E-state index >= 15 is 0 Å². The van der Waals surface area contributed by atoms with Crippen LogP contribution in [-0.2, 0) is 0 Å². The van der Waals surface area contributed by atoms with Gasteiger partial charge < -0.3 is 0 Å². The molecule has 0 aliphatic heterocycles. The molecule has 0 unspecified atom stereocenters. The van der Waals surface area contributed by atoms with Gasteiger partial charge in [0, 0.05) is 0 Å². The fraction of sp³-hybridized carbons (Fsp3) is 0.267. The molecule has 1 heterocycles. The molecule has 2 aromatic rings. The van der Waals surface area contributed by atoms with Crippen LogP contribution in [0.3, 0.4) is 0 Å². The molecular weight excluding hydrogens is 286 g/mol. The fourth-order valence-electron chi connectivity index (χ4n) is 1.73. The number of aryl methyl sites for hydroxylation is 1. The van der Waals surface area contributed by atoms with Gasteiger partial charge in [-0.1, -0.05) is 0 Å². The molecule has 0 saturated carbocycles. The number of hydrogen-bond donors (Lipinski definition) is 0. The van der Waals surface area contributed by atoms with Gasteiger partial charge in [0.15, 0.2) is 0 Å². The zero-order chi connectivity index (χ0) is 15.8. The van der Waals surface area contributed by atoms with E-state index in [0.29, 0.717) is 5.69 Å². The summed E-state index contributed by atoms with van der Waals surface area (Å²) in [5.74, 6) is 6.06. The van der Waals surface area contributed by atoms with E-state index in [1.54, 1.807) is 24.4 Å². The van der Waals surface area contributed by atoms with Crippen molar-refractivity contribution < 1.29 is 8.50 Å². The molecule has 0 saturated heterocycles. The van der Waals surface area contributed by atoms with Gasteiger partial charge in [0.05, 0.1) is 0 Å². The standard InChI is InChI=1S/C15H18FGeN/c1-11-6-5-7-13(15(11)16)14-9-8-12(10-18-14)17(2,3)4/h5-10H,1-4H3/i1D3. The number of halogens is 1. The number of pyridine rings is 1. The van der Waals surface area contributed by atoms with E-state index < -0.39 is 25.9 Å². The van der Waals surface area contributed by atoms with Crippen LogP contribution in [0.25, 0.3) is 11.3 Å². The third-order valence-corrected chi connectivity index (χ3v) is 7.16. The number of nitrogens with zero attached hydrogens (tertiary/aromatic N) is 1. The minimum atomic E-state index is -2.46. The molecule has 0 radical (unpaired) electrons. The van der Waals surface area contributed by atoms with Crippen LogP contribution in [-0.4, -0.2) is 18.3 Å². The van der Waals surface area contributed by atoms with E-state index in [1.165, 1.54) is 10.5 Å². The molecule has 0 spiro atoms. The van der Waals surface area contributed by atoms with Gasteiger partial charge in [0.1, 0.15) is 0 Å². The Morgan fingerprint density at radius 3 is 2.50 bits per heavy atom. The molecule has 0 N–H and O–H groups in total. The molecule has 0 atom stereocenters. The minimum absolute atomic E-state index is 0.233. The van der Waals surface area contributed by atoms with Gasteiger partial charge in [-0.25, -0.2) is 0 Å². The van der Waals surface area contributed by atoms with Crippen LogP contribution in [0.5, 0.6) is 0 Å². The van der Waals surface area contributed by atoms with Crippen LogP contribution in [0.1, 0.15) is 9.68 Å². The van der Waals surface area contributed by atoms with Gasteiger partial charge in [0.25, 0.3) is 0 Å². The summed E-state index contributed by atoms with van der Waals surface area (Å²) < 4.78 is 37.7. The molecule has 0 amide bonds. The Morgan fingerprint density at radius 1 is 1.17 bits per heavy atom. The molecule has 0 aliphatic rings. The summed E-state index contributed by atoms with van der Waals surface area (Å²) in [6.45, 7) is -2.46. The van der Waals surface area contributed by atoms with Gasteiger partial charge in [-0.3, -0.25) is 0 Å². The first-order valence-corrected chi connectivity index (χ1v) is 13.2. The average molecular weight is 307 g/mol. The summed E-state index contributed by atoms with van der Waals surface area (Å²) in [7, 11) is 0. The van der Waals surface area contributed by atoms with Crippen molar-refractivity contribution in [3.05, 3.63) is 47.9 Å². The van der Waals surface area contributed by atoms with E-state index in [1.807, 2.05) is 6.07 Å². The van der Waals surface area contributed by atoms with E-state index in [2.05, 4.69) is 22.3 Å². The molecule has 0 aliphatic carbocycles. The van der Waals surface area contributed by atoms with Crippen LogP contribution in [0.15, 0.2) is 36.5 Å². The van der Waals surface area contributed by atoms with Crippen molar-refractivity contribution in [3.63, 3.8) is 0 Å². The quantitative estimate of drug-likeness (QED) is 0.770. The van der Waals surface area contributed by atoms with Crippen LogP contribution >= 0.6 is 0 Å². The van der Waals surface area contributed by atoms with Crippen molar-refractivity contribution in [2.24, 2.45) is 0 Å². The second-order valence-corrected chi connectivity index (χ2v) is 16.0. The molecule has 94 valence electrons. The van der Waals surface area contributed by atoms with E-state index in [4.69, 9.17) is 4.11 Å². The third kappa shape index (κ3) is 2.64. The molecule has 18 heavy (non-hydrogen) atoms. The molecule has 1 aromatic heterocycles. The number of rotatable bonds is 2. The number of hydrogen-bond acceptors (Lipinski definition) is 1. The van der Waals surface area contributed by atoms with Gasteiger partial charge in [0.2, 0.25) is 0 Å². The van der Waals surface area contributed by atoms with E-state index in [0.717, 1.165) is 0 Å². The maximum atomic E-state index is 14.4. The molecule has 3 heteroatoms. The predicted molar refractivity (Wildman–Crippen MR) is 77.3 cm³/mol. The van der Waals surface area contributed by atoms with Crippen molar-refractivity contribution in [1.82, 2.24) is 4.98 Å². The average Bonchev–Trinajstić information content (AvgIpc) is 2.37. The summed E-state index contributed by atoms with van der Waals surface area (Å²) in [5.41, 5.74) is 0.435. The Morgan fingerprint density at radius 2 is 1.94 bits per heavy atom.